The number of primary amides is 1. The van der Waals surface area contributed by atoms with E-state index in [-0.39, 0.29) is 5.41 Å². The van der Waals surface area contributed by atoms with Gasteiger partial charge < -0.3 is 15.8 Å². The quantitative estimate of drug-likeness (QED) is 0.828. The maximum absolute atomic E-state index is 12.5. The van der Waals surface area contributed by atoms with Crippen LogP contribution in [0.4, 0.5) is 10.5 Å². The van der Waals surface area contributed by atoms with E-state index >= 15 is 0 Å². The number of carbonyl (C=O) groups is 2. The molecule has 23 heavy (non-hydrogen) atoms. The normalized spacial score (nSPS) is 26.0. The maximum atomic E-state index is 12.5. The minimum absolute atomic E-state index is 0.285. The Morgan fingerprint density at radius 1 is 1.35 bits per heavy atom. The molecule has 1 saturated heterocycles. The number of likely N-dealkylation sites (tertiary alicyclic amines) is 1. The Kier molecular flexibility index (Phi) is 3.50. The number of anilines is 1. The lowest BCUT2D eigenvalue weighted by Crippen LogP contribution is -2.46. The van der Waals surface area contributed by atoms with Crippen molar-refractivity contribution in [1.29, 1.82) is 0 Å². The zero-order valence-electron chi connectivity index (χ0n) is 13.8. The predicted octanol–water partition coefficient (Wildman–Crippen LogP) is 1.84. The number of ether oxygens (including phenoxy) is 1. The molecule has 0 radical (unpaired) electrons. The van der Waals surface area contributed by atoms with Crippen molar-refractivity contribution in [2.24, 2.45) is 5.73 Å². The molecule has 6 nitrogen and oxygen atoms in total. The van der Waals surface area contributed by atoms with Gasteiger partial charge in [-0.3, -0.25) is 9.69 Å². The highest BCUT2D eigenvalue weighted by atomic mass is 16.6. The smallest absolute Gasteiger partial charge is 0.411 e. The van der Waals surface area contributed by atoms with E-state index in [4.69, 9.17) is 10.5 Å². The summed E-state index contributed by atoms with van der Waals surface area (Å²) in [6, 6.07) is 7.36. The van der Waals surface area contributed by atoms with Crippen LogP contribution in [0.15, 0.2) is 24.3 Å². The summed E-state index contributed by atoms with van der Waals surface area (Å²) in [7, 11) is 0. The van der Waals surface area contributed by atoms with Gasteiger partial charge in [0.15, 0.2) is 0 Å². The molecule has 6 heteroatoms. The van der Waals surface area contributed by atoms with E-state index in [1.54, 1.807) is 0 Å². The lowest BCUT2D eigenvalue weighted by Gasteiger charge is -2.28. The number of amides is 2. The summed E-state index contributed by atoms with van der Waals surface area (Å²) in [6.07, 6.45) is 0.0357. The molecule has 0 aromatic heterocycles. The fraction of sp³-hybridized carbons (Fsp3) is 0.529. The Hall–Kier alpha value is -2.24. The second-order valence-corrected chi connectivity index (χ2v) is 7.41. The van der Waals surface area contributed by atoms with Crippen LogP contribution in [0.5, 0.6) is 0 Å². The van der Waals surface area contributed by atoms with Crippen LogP contribution in [0.25, 0.3) is 0 Å². The Morgan fingerprint density at radius 3 is 2.70 bits per heavy atom. The molecule has 2 heterocycles. The molecule has 1 fully saturated rings. The van der Waals surface area contributed by atoms with E-state index in [0.717, 1.165) is 11.3 Å². The third kappa shape index (κ3) is 2.73. The molecule has 1 aromatic rings. The number of hydrogen-bond donors (Lipinski definition) is 2. The average Bonchev–Trinajstić information content (AvgIpc) is 3.01. The number of benzene rings is 1. The topological polar surface area (TPSA) is 84.7 Å². The van der Waals surface area contributed by atoms with Crippen LogP contribution in [-0.2, 0) is 14.9 Å². The molecule has 0 saturated carbocycles. The van der Waals surface area contributed by atoms with Gasteiger partial charge in [0.25, 0.3) is 0 Å². The number of nitrogens with zero attached hydrogens (tertiary/aromatic N) is 1. The van der Waals surface area contributed by atoms with E-state index in [2.05, 4.69) is 5.32 Å². The second kappa shape index (κ2) is 5.15. The van der Waals surface area contributed by atoms with Crippen molar-refractivity contribution in [3.05, 3.63) is 29.8 Å². The van der Waals surface area contributed by atoms with Gasteiger partial charge in [0.1, 0.15) is 11.6 Å². The van der Waals surface area contributed by atoms with Gasteiger partial charge in [-0.25, -0.2) is 4.79 Å². The first-order chi connectivity index (χ1) is 10.7. The molecule has 3 N–H and O–H groups in total. The summed E-state index contributed by atoms with van der Waals surface area (Å²) in [6.45, 7) is 6.54. The number of hydrogen-bond acceptors (Lipinski definition) is 4. The van der Waals surface area contributed by atoms with Gasteiger partial charge in [-0.05, 0) is 38.8 Å². The van der Waals surface area contributed by atoms with Gasteiger partial charge in [-0.15, -0.1) is 0 Å². The van der Waals surface area contributed by atoms with Crippen LogP contribution in [0.3, 0.4) is 0 Å². The van der Waals surface area contributed by atoms with Crippen molar-refractivity contribution in [1.82, 2.24) is 4.90 Å². The summed E-state index contributed by atoms with van der Waals surface area (Å²) < 4.78 is 5.45. The van der Waals surface area contributed by atoms with E-state index in [0.29, 0.717) is 19.5 Å². The van der Waals surface area contributed by atoms with Gasteiger partial charge in [0.05, 0.1) is 0 Å². The summed E-state index contributed by atoms with van der Waals surface area (Å²) in [5.41, 5.74) is 6.85. The minimum Gasteiger partial charge on any atom is -0.444 e. The van der Waals surface area contributed by atoms with E-state index < -0.39 is 23.6 Å². The Morgan fingerprint density at radius 2 is 2.04 bits per heavy atom. The lowest BCUT2D eigenvalue weighted by atomic mass is 9.80. The number of carbonyl (C=O) groups excluding carboxylic acids is 2. The van der Waals surface area contributed by atoms with E-state index in [1.807, 2.05) is 45.0 Å². The highest BCUT2D eigenvalue weighted by Crippen LogP contribution is 2.45. The largest absolute Gasteiger partial charge is 0.444 e. The van der Waals surface area contributed by atoms with Crippen molar-refractivity contribution >= 4 is 17.7 Å². The number of nitrogens with one attached hydrogen (secondary N) is 1. The van der Waals surface area contributed by atoms with Crippen LogP contribution in [0.2, 0.25) is 0 Å². The highest BCUT2D eigenvalue weighted by molar-refractivity contribution is 5.86. The van der Waals surface area contributed by atoms with Crippen molar-refractivity contribution in [3.63, 3.8) is 0 Å². The second-order valence-electron chi connectivity index (χ2n) is 7.41. The number of rotatable bonds is 1. The molecule has 2 amide bonds. The SMILES string of the molecule is CC(C)(C)OC(=O)N1C[C@@]2(CNc3ccccc32)C[C@H]1C(N)=O. The van der Waals surface area contributed by atoms with Crippen molar-refractivity contribution in [2.45, 2.75) is 44.2 Å². The average molecular weight is 317 g/mol. The molecule has 2 aliphatic heterocycles. The Balaban J connectivity index is 1.91. The lowest BCUT2D eigenvalue weighted by molar-refractivity contribution is -0.122. The van der Waals surface area contributed by atoms with E-state index in [1.165, 1.54) is 4.90 Å². The first kappa shape index (κ1) is 15.6. The maximum Gasteiger partial charge on any atom is 0.411 e. The Labute approximate surface area is 136 Å². The van der Waals surface area contributed by atoms with Crippen LogP contribution >= 0.6 is 0 Å². The predicted molar refractivity (Wildman–Crippen MR) is 87.1 cm³/mol. The molecule has 1 aromatic carbocycles. The van der Waals surface area contributed by atoms with Gasteiger partial charge in [0.2, 0.25) is 5.91 Å². The number of nitrogens with two attached hydrogens (primary N) is 1. The standard InChI is InChI=1S/C17H23N3O3/c1-16(2,3)23-15(22)20-10-17(8-13(20)14(18)21)9-19-12-7-5-4-6-11(12)17/h4-7,13,19H,8-10H2,1-3H3,(H2,18,21)/t13-,17-/m0/s1. The fourth-order valence-corrected chi connectivity index (χ4v) is 3.53. The molecular formula is C17H23N3O3. The molecule has 3 rings (SSSR count). The Bertz CT molecular complexity index is 653. The van der Waals surface area contributed by atoms with Gasteiger partial charge in [-0.1, -0.05) is 18.2 Å². The van der Waals surface area contributed by atoms with Crippen LogP contribution in [-0.4, -0.2) is 41.6 Å². The summed E-state index contributed by atoms with van der Waals surface area (Å²) in [5.74, 6) is -0.489. The molecular weight excluding hydrogens is 294 g/mol. The summed E-state index contributed by atoms with van der Waals surface area (Å²) in [4.78, 5) is 25.9. The third-order valence-corrected chi connectivity index (χ3v) is 4.51. The summed E-state index contributed by atoms with van der Waals surface area (Å²) in [5, 5.41) is 3.37. The van der Waals surface area contributed by atoms with Gasteiger partial charge in [0, 0.05) is 24.2 Å². The first-order valence-electron chi connectivity index (χ1n) is 7.84. The van der Waals surface area contributed by atoms with Crippen LogP contribution < -0.4 is 11.1 Å². The number of fused-ring (bicyclic) bond motifs is 2. The first-order valence-corrected chi connectivity index (χ1v) is 7.84. The molecule has 2 atom stereocenters. The van der Waals surface area contributed by atoms with Gasteiger partial charge >= 0.3 is 6.09 Å². The third-order valence-electron chi connectivity index (χ3n) is 4.51. The van der Waals surface area contributed by atoms with Gasteiger partial charge in [-0.2, -0.15) is 0 Å². The van der Waals surface area contributed by atoms with Crippen LogP contribution in [0.1, 0.15) is 32.8 Å². The molecule has 0 bridgehead atoms. The monoisotopic (exact) mass is 317 g/mol. The summed E-state index contributed by atoms with van der Waals surface area (Å²) >= 11 is 0. The molecule has 124 valence electrons. The minimum atomic E-state index is -0.641. The fourth-order valence-electron chi connectivity index (χ4n) is 3.53. The van der Waals surface area contributed by atoms with Crippen molar-refractivity contribution in [2.75, 3.05) is 18.4 Å². The molecule has 1 spiro atoms. The zero-order valence-corrected chi connectivity index (χ0v) is 13.8. The van der Waals surface area contributed by atoms with Crippen LogP contribution in [0, 0.1) is 0 Å². The number of para-hydroxylation sites is 1. The van der Waals surface area contributed by atoms with E-state index in [9.17, 15) is 9.59 Å². The molecule has 0 unspecified atom stereocenters. The highest BCUT2D eigenvalue weighted by Gasteiger charge is 2.52. The molecule has 2 aliphatic rings. The zero-order chi connectivity index (χ0) is 16.8. The molecule has 0 aliphatic carbocycles. The van der Waals surface area contributed by atoms with Crippen molar-refractivity contribution < 1.29 is 14.3 Å². The van der Waals surface area contributed by atoms with Crippen molar-refractivity contribution in [3.8, 4) is 0 Å².